The Hall–Kier alpha value is -2.24. The summed E-state index contributed by atoms with van der Waals surface area (Å²) in [6.45, 7) is 4.57. The maximum absolute atomic E-state index is 6.34. The Morgan fingerprint density at radius 3 is 2.38 bits per heavy atom. The van der Waals surface area contributed by atoms with Crippen LogP contribution in [0.5, 0.6) is 17.2 Å². The molecule has 1 aliphatic rings. The molecule has 0 radical (unpaired) electrons. The van der Waals surface area contributed by atoms with E-state index in [1.54, 1.807) is 14.2 Å². The smallest absolute Gasteiger partial charge is 0.164 e. The van der Waals surface area contributed by atoms with Crippen LogP contribution in [0, 0.1) is 0 Å². The molecule has 3 rings (SSSR count). The molecule has 1 heterocycles. The fourth-order valence-corrected chi connectivity index (χ4v) is 3.14. The maximum atomic E-state index is 6.34. The number of ether oxygens (including phenoxy) is 4. The van der Waals surface area contributed by atoms with Gasteiger partial charge < -0.3 is 18.9 Å². The topological polar surface area (TPSA) is 40.2 Å². The van der Waals surface area contributed by atoms with Crippen molar-refractivity contribution in [3.8, 4) is 17.2 Å². The van der Waals surface area contributed by atoms with Crippen molar-refractivity contribution in [2.75, 3.05) is 47.1 Å². The zero-order chi connectivity index (χ0) is 18.2. The second kappa shape index (κ2) is 9.46. The second-order valence-electron chi connectivity index (χ2n) is 6.28. The number of nitrogens with zero attached hydrogens (tertiary/aromatic N) is 1. The Bertz CT molecular complexity index is 671. The molecule has 2 aromatic rings. The molecule has 0 aliphatic carbocycles. The second-order valence-corrected chi connectivity index (χ2v) is 6.28. The Kier molecular flexibility index (Phi) is 6.75. The van der Waals surface area contributed by atoms with Crippen LogP contribution in [0.2, 0.25) is 0 Å². The maximum Gasteiger partial charge on any atom is 0.164 e. The summed E-state index contributed by atoms with van der Waals surface area (Å²) in [6, 6.07) is 16.0. The van der Waals surface area contributed by atoms with Crippen LogP contribution in [-0.2, 0) is 4.74 Å². The largest absolute Gasteiger partial charge is 0.493 e. The summed E-state index contributed by atoms with van der Waals surface area (Å²) in [5.41, 5.74) is 1.18. The minimum atomic E-state index is -0.0165. The molecule has 1 aliphatic heterocycles. The third kappa shape index (κ3) is 4.90. The van der Waals surface area contributed by atoms with Gasteiger partial charge >= 0.3 is 0 Å². The van der Waals surface area contributed by atoms with Gasteiger partial charge in [0.2, 0.25) is 0 Å². The molecular formula is C21H27NO4. The van der Waals surface area contributed by atoms with Crippen molar-refractivity contribution in [2.24, 2.45) is 0 Å². The van der Waals surface area contributed by atoms with Crippen LogP contribution in [-0.4, -0.2) is 52.0 Å². The van der Waals surface area contributed by atoms with E-state index in [9.17, 15) is 0 Å². The first kappa shape index (κ1) is 18.5. The Balaban J connectivity index is 1.73. The SMILES string of the molecule is COc1ccc(OC(CCN2CCOCC2)c2ccccc2)cc1OC. The van der Waals surface area contributed by atoms with Crippen LogP contribution in [0.1, 0.15) is 18.1 Å². The van der Waals surface area contributed by atoms with Gasteiger partial charge in [0.15, 0.2) is 11.5 Å². The van der Waals surface area contributed by atoms with Gasteiger partial charge in [0.1, 0.15) is 11.9 Å². The Labute approximate surface area is 155 Å². The molecule has 0 bridgehead atoms. The molecule has 1 atom stereocenters. The molecule has 1 saturated heterocycles. The fourth-order valence-electron chi connectivity index (χ4n) is 3.14. The van der Waals surface area contributed by atoms with E-state index in [1.807, 2.05) is 24.3 Å². The number of methoxy groups -OCH3 is 2. The first-order chi connectivity index (χ1) is 12.8. The summed E-state index contributed by atoms with van der Waals surface area (Å²) in [7, 11) is 3.27. The minimum Gasteiger partial charge on any atom is -0.493 e. The minimum absolute atomic E-state index is 0.0165. The average molecular weight is 357 g/mol. The molecule has 0 N–H and O–H groups in total. The van der Waals surface area contributed by atoms with E-state index in [-0.39, 0.29) is 6.10 Å². The molecule has 0 amide bonds. The van der Waals surface area contributed by atoms with Gasteiger partial charge in [-0.15, -0.1) is 0 Å². The highest BCUT2D eigenvalue weighted by Crippen LogP contribution is 2.33. The van der Waals surface area contributed by atoms with Crippen molar-refractivity contribution >= 4 is 0 Å². The third-order valence-electron chi connectivity index (χ3n) is 4.62. The van der Waals surface area contributed by atoms with E-state index >= 15 is 0 Å². The third-order valence-corrected chi connectivity index (χ3v) is 4.62. The molecule has 140 valence electrons. The van der Waals surface area contributed by atoms with Gasteiger partial charge in [-0.2, -0.15) is 0 Å². The predicted octanol–water partition coefficient (Wildman–Crippen LogP) is 3.55. The number of rotatable bonds is 8. The zero-order valence-electron chi connectivity index (χ0n) is 15.5. The lowest BCUT2D eigenvalue weighted by atomic mass is 10.1. The van der Waals surface area contributed by atoms with Crippen molar-refractivity contribution < 1.29 is 18.9 Å². The molecule has 5 nitrogen and oxygen atoms in total. The van der Waals surface area contributed by atoms with Crippen LogP contribution >= 0.6 is 0 Å². The summed E-state index contributed by atoms with van der Waals surface area (Å²) < 4.78 is 22.5. The van der Waals surface area contributed by atoms with Gasteiger partial charge in [0.25, 0.3) is 0 Å². The fraction of sp³-hybridized carbons (Fsp3) is 0.429. The van der Waals surface area contributed by atoms with Crippen molar-refractivity contribution in [1.82, 2.24) is 4.90 Å². The number of morpholine rings is 1. The van der Waals surface area contributed by atoms with Crippen molar-refractivity contribution in [1.29, 1.82) is 0 Å². The van der Waals surface area contributed by atoms with E-state index in [0.717, 1.165) is 45.0 Å². The van der Waals surface area contributed by atoms with Crippen molar-refractivity contribution in [3.05, 3.63) is 54.1 Å². The van der Waals surface area contributed by atoms with Crippen LogP contribution in [0.25, 0.3) is 0 Å². The van der Waals surface area contributed by atoms with Crippen LogP contribution in [0.3, 0.4) is 0 Å². The van der Waals surface area contributed by atoms with Gasteiger partial charge in [-0.1, -0.05) is 30.3 Å². The lowest BCUT2D eigenvalue weighted by molar-refractivity contribution is 0.0317. The Morgan fingerprint density at radius 2 is 1.69 bits per heavy atom. The highest BCUT2D eigenvalue weighted by molar-refractivity contribution is 5.45. The van der Waals surface area contributed by atoms with Crippen molar-refractivity contribution in [2.45, 2.75) is 12.5 Å². The molecule has 26 heavy (non-hydrogen) atoms. The van der Waals surface area contributed by atoms with Crippen LogP contribution in [0.4, 0.5) is 0 Å². The van der Waals surface area contributed by atoms with E-state index in [0.29, 0.717) is 11.5 Å². The normalized spacial score (nSPS) is 16.1. The van der Waals surface area contributed by atoms with E-state index < -0.39 is 0 Å². The number of hydrogen-bond donors (Lipinski definition) is 0. The predicted molar refractivity (Wildman–Crippen MR) is 101 cm³/mol. The van der Waals surface area contributed by atoms with E-state index in [1.165, 1.54) is 5.56 Å². The highest BCUT2D eigenvalue weighted by Gasteiger charge is 2.18. The molecule has 0 spiro atoms. The standard InChI is InChI=1S/C21H27NO4/c1-23-20-9-8-18(16-21(20)24-2)26-19(17-6-4-3-5-7-17)10-11-22-12-14-25-15-13-22/h3-9,16,19H,10-15H2,1-2H3. The molecule has 0 aromatic heterocycles. The first-order valence-electron chi connectivity index (χ1n) is 9.04. The van der Waals surface area contributed by atoms with Gasteiger partial charge in [-0.3, -0.25) is 4.90 Å². The summed E-state index contributed by atoms with van der Waals surface area (Å²) in [5.74, 6) is 2.15. The summed E-state index contributed by atoms with van der Waals surface area (Å²) >= 11 is 0. The monoisotopic (exact) mass is 357 g/mol. The number of hydrogen-bond acceptors (Lipinski definition) is 5. The zero-order valence-corrected chi connectivity index (χ0v) is 15.5. The molecule has 1 unspecified atom stereocenters. The number of benzene rings is 2. The average Bonchev–Trinajstić information content (AvgIpc) is 2.72. The highest BCUT2D eigenvalue weighted by atomic mass is 16.5. The van der Waals surface area contributed by atoms with E-state index in [4.69, 9.17) is 18.9 Å². The van der Waals surface area contributed by atoms with Crippen LogP contribution < -0.4 is 14.2 Å². The molecular weight excluding hydrogens is 330 g/mol. The first-order valence-corrected chi connectivity index (χ1v) is 9.04. The van der Waals surface area contributed by atoms with Gasteiger partial charge in [-0.05, 0) is 17.7 Å². The van der Waals surface area contributed by atoms with Crippen molar-refractivity contribution in [3.63, 3.8) is 0 Å². The van der Waals surface area contributed by atoms with Gasteiger partial charge in [0.05, 0.1) is 27.4 Å². The summed E-state index contributed by atoms with van der Waals surface area (Å²) in [6.07, 6.45) is 0.899. The summed E-state index contributed by atoms with van der Waals surface area (Å²) in [4.78, 5) is 2.43. The lowest BCUT2D eigenvalue weighted by Gasteiger charge is -2.28. The lowest BCUT2D eigenvalue weighted by Crippen LogP contribution is -2.37. The molecule has 0 saturated carbocycles. The summed E-state index contributed by atoms with van der Waals surface area (Å²) in [5, 5.41) is 0. The molecule has 1 fully saturated rings. The van der Waals surface area contributed by atoms with Gasteiger partial charge in [0, 0.05) is 32.1 Å². The van der Waals surface area contributed by atoms with Crippen LogP contribution in [0.15, 0.2) is 48.5 Å². The molecule has 2 aromatic carbocycles. The quantitative estimate of drug-likeness (QED) is 0.723. The Morgan fingerprint density at radius 1 is 0.962 bits per heavy atom. The molecule has 5 heteroatoms. The van der Waals surface area contributed by atoms with E-state index in [2.05, 4.69) is 29.2 Å². The van der Waals surface area contributed by atoms with Gasteiger partial charge in [-0.25, -0.2) is 0 Å².